The fraction of sp³-hybridized carbons (Fsp3) is 0.583. The molecule has 1 heterocycles. The molecule has 1 unspecified atom stereocenters. The van der Waals surface area contributed by atoms with Crippen LogP contribution in [0, 0.1) is 18.8 Å². The van der Waals surface area contributed by atoms with Gasteiger partial charge in [-0.05, 0) is 20.4 Å². The van der Waals surface area contributed by atoms with E-state index in [4.69, 9.17) is 0 Å². The van der Waals surface area contributed by atoms with Crippen molar-refractivity contribution in [3.05, 3.63) is 17.5 Å². The van der Waals surface area contributed by atoms with Crippen molar-refractivity contribution in [2.75, 3.05) is 6.54 Å². The Morgan fingerprint density at radius 2 is 2.33 bits per heavy atom. The number of hydrogen-bond acceptors (Lipinski definition) is 2. The summed E-state index contributed by atoms with van der Waals surface area (Å²) in [5.74, 6) is 6.05. The molecular weight excluding hydrogens is 186 g/mol. The van der Waals surface area contributed by atoms with Crippen LogP contribution in [0.15, 0.2) is 6.20 Å². The van der Waals surface area contributed by atoms with Crippen LogP contribution < -0.4 is 5.32 Å². The summed E-state index contributed by atoms with van der Waals surface area (Å²) in [6, 6.07) is 0.302. The third-order valence-corrected chi connectivity index (χ3v) is 2.58. The van der Waals surface area contributed by atoms with Crippen LogP contribution in [-0.2, 0) is 7.05 Å². The van der Waals surface area contributed by atoms with Crippen LogP contribution in [0.2, 0.25) is 0 Å². The molecule has 82 valence electrons. The summed E-state index contributed by atoms with van der Waals surface area (Å²) in [4.78, 5) is 0. The van der Waals surface area contributed by atoms with Gasteiger partial charge in [0.2, 0.25) is 0 Å². The van der Waals surface area contributed by atoms with E-state index in [0.29, 0.717) is 6.04 Å². The summed E-state index contributed by atoms with van der Waals surface area (Å²) in [7, 11) is 1.97. The first-order chi connectivity index (χ1) is 7.20. The van der Waals surface area contributed by atoms with Crippen LogP contribution in [-0.4, -0.2) is 16.3 Å². The minimum Gasteiger partial charge on any atom is -0.309 e. The van der Waals surface area contributed by atoms with E-state index in [9.17, 15) is 0 Å². The Morgan fingerprint density at radius 1 is 1.60 bits per heavy atom. The van der Waals surface area contributed by atoms with E-state index < -0.39 is 0 Å². The molecule has 0 bridgehead atoms. The maximum absolute atomic E-state index is 4.26. The van der Waals surface area contributed by atoms with Crippen molar-refractivity contribution in [1.29, 1.82) is 0 Å². The second kappa shape index (κ2) is 5.57. The molecule has 0 amide bonds. The van der Waals surface area contributed by atoms with E-state index >= 15 is 0 Å². The number of aryl methyl sites for hydroxylation is 1. The topological polar surface area (TPSA) is 29.9 Å². The summed E-state index contributed by atoms with van der Waals surface area (Å²) in [5.41, 5.74) is 2.46. The standard InChI is InChI=1S/C12H19N3/c1-5-7-8-12(13-6-2)11-9-14-15(4)10(11)3/h9,12-13H,6,8H2,1-4H3. The molecule has 3 nitrogen and oxygen atoms in total. The Hall–Kier alpha value is -1.27. The van der Waals surface area contributed by atoms with Gasteiger partial charge in [0.25, 0.3) is 0 Å². The van der Waals surface area contributed by atoms with Gasteiger partial charge < -0.3 is 5.32 Å². The number of rotatable bonds is 4. The van der Waals surface area contributed by atoms with Gasteiger partial charge in [-0.25, -0.2) is 0 Å². The Balaban J connectivity index is 2.86. The minimum atomic E-state index is 0.302. The first-order valence-electron chi connectivity index (χ1n) is 5.32. The van der Waals surface area contributed by atoms with Gasteiger partial charge >= 0.3 is 0 Å². The molecule has 0 fully saturated rings. The smallest absolute Gasteiger partial charge is 0.0540 e. The zero-order valence-electron chi connectivity index (χ0n) is 9.96. The Morgan fingerprint density at radius 3 is 2.80 bits per heavy atom. The van der Waals surface area contributed by atoms with Crippen molar-refractivity contribution < 1.29 is 0 Å². The van der Waals surface area contributed by atoms with Gasteiger partial charge in [-0.15, -0.1) is 11.8 Å². The maximum atomic E-state index is 4.26. The summed E-state index contributed by atoms with van der Waals surface area (Å²) >= 11 is 0. The maximum Gasteiger partial charge on any atom is 0.0540 e. The lowest BCUT2D eigenvalue weighted by Gasteiger charge is -2.14. The third-order valence-electron chi connectivity index (χ3n) is 2.58. The molecule has 1 N–H and O–H groups in total. The first-order valence-corrected chi connectivity index (χ1v) is 5.32. The first kappa shape index (κ1) is 11.8. The van der Waals surface area contributed by atoms with Crippen LogP contribution >= 0.6 is 0 Å². The lowest BCUT2D eigenvalue weighted by atomic mass is 10.1. The molecule has 1 atom stereocenters. The van der Waals surface area contributed by atoms with Crippen molar-refractivity contribution in [3.8, 4) is 11.8 Å². The van der Waals surface area contributed by atoms with Crippen molar-refractivity contribution >= 4 is 0 Å². The fourth-order valence-electron chi connectivity index (χ4n) is 1.60. The Kier molecular flexibility index (Phi) is 4.38. The highest BCUT2D eigenvalue weighted by atomic mass is 15.3. The van der Waals surface area contributed by atoms with Crippen molar-refractivity contribution in [2.45, 2.75) is 33.2 Å². The van der Waals surface area contributed by atoms with Crippen molar-refractivity contribution in [2.24, 2.45) is 7.05 Å². The van der Waals surface area contributed by atoms with Gasteiger partial charge in [0.15, 0.2) is 0 Å². The van der Waals surface area contributed by atoms with E-state index in [-0.39, 0.29) is 0 Å². The largest absolute Gasteiger partial charge is 0.309 e. The number of nitrogens with one attached hydrogen (secondary N) is 1. The SMILES string of the molecule is CC#CCC(NCC)c1cnn(C)c1C. The lowest BCUT2D eigenvalue weighted by Crippen LogP contribution is -2.21. The average molecular weight is 205 g/mol. The molecule has 1 rings (SSSR count). The summed E-state index contributed by atoms with van der Waals surface area (Å²) < 4.78 is 1.90. The van der Waals surface area contributed by atoms with E-state index in [0.717, 1.165) is 13.0 Å². The van der Waals surface area contributed by atoms with Gasteiger partial charge in [0.05, 0.1) is 6.20 Å². The quantitative estimate of drug-likeness (QED) is 0.759. The lowest BCUT2D eigenvalue weighted by molar-refractivity contribution is 0.561. The molecule has 0 aromatic carbocycles. The Labute approximate surface area is 91.9 Å². The van der Waals surface area contributed by atoms with E-state index in [1.54, 1.807) is 0 Å². The van der Waals surface area contributed by atoms with E-state index in [1.165, 1.54) is 11.3 Å². The molecule has 0 aliphatic carbocycles. The second-order valence-corrected chi connectivity index (χ2v) is 3.55. The number of nitrogens with zero attached hydrogens (tertiary/aromatic N) is 2. The number of hydrogen-bond donors (Lipinski definition) is 1. The average Bonchev–Trinajstić information content (AvgIpc) is 2.55. The highest BCUT2D eigenvalue weighted by Crippen LogP contribution is 2.19. The van der Waals surface area contributed by atoms with Crippen LogP contribution in [0.3, 0.4) is 0 Å². The van der Waals surface area contributed by atoms with Gasteiger partial charge in [0.1, 0.15) is 0 Å². The van der Waals surface area contributed by atoms with Gasteiger partial charge in [-0.2, -0.15) is 5.10 Å². The molecule has 3 heteroatoms. The number of aromatic nitrogens is 2. The van der Waals surface area contributed by atoms with Crippen molar-refractivity contribution in [1.82, 2.24) is 15.1 Å². The monoisotopic (exact) mass is 205 g/mol. The van der Waals surface area contributed by atoms with Crippen LogP contribution in [0.1, 0.15) is 37.6 Å². The molecule has 15 heavy (non-hydrogen) atoms. The van der Waals surface area contributed by atoms with Crippen LogP contribution in [0.4, 0.5) is 0 Å². The molecule has 0 saturated carbocycles. The highest BCUT2D eigenvalue weighted by molar-refractivity contribution is 5.22. The summed E-state index contributed by atoms with van der Waals surface area (Å²) in [6.45, 7) is 7.02. The zero-order valence-corrected chi connectivity index (χ0v) is 9.96. The third kappa shape index (κ3) is 2.84. The second-order valence-electron chi connectivity index (χ2n) is 3.55. The Bertz CT molecular complexity index is 368. The molecular formula is C12H19N3. The summed E-state index contributed by atoms with van der Waals surface area (Å²) in [6.07, 6.45) is 2.77. The van der Waals surface area contributed by atoms with Gasteiger partial charge in [0, 0.05) is 30.8 Å². The molecule has 1 aromatic heterocycles. The fourth-order valence-corrected chi connectivity index (χ4v) is 1.60. The molecule has 0 spiro atoms. The van der Waals surface area contributed by atoms with Gasteiger partial charge in [-0.1, -0.05) is 6.92 Å². The zero-order chi connectivity index (χ0) is 11.3. The molecule has 0 saturated heterocycles. The molecule has 0 radical (unpaired) electrons. The van der Waals surface area contributed by atoms with Crippen molar-refractivity contribution in [3.63, 3.8) is 0 Å². The van der Waals surface area contributed by atoms with E-state index in [1.807, 2.05) is 24.9 Å². The highest BCUT2D eigenvalue weighted by Gasteiger charge is 2.14. The summed E-state index contributed by atoms with van der Waals surface area (Å²) in [5, 5.41) is 7.69. The van der Waals surface area contributed by atoms with Gasteiger partial charge in [-0.3, -0.25) is 4.68 Å². The van der Waals surface area contributed by atoms with E-state index in [2.05, 4.69) is 36.1 Å². The van der Waals surface area contributed by atoms with Crippen LogP contribution in [0.25, 0.3) is 0 Å². The molecule has 0 aliphatic heterocycles. The normalized spacial score (nSPS) is 12.0. The predicted molar refractivity (Wildman–Crippen MR) is 62.4 cm³/mol. The minimum absolute atomic E-state index is 0.302. The molecule has 1 aromatic rings. The van der Waals surface area contributed by atoms with Crippen LogP contribution in [0.5, 0.6) is 0 Å². The predicted octanol–water partition coefficient (Wildman–Crippen LogP) is 1.79. The molecule has 0 aliphatic rings.